The lowest BCUT2D eigenvalue weighted by atomic mass is 10.1. The number of fused-ring (bicyclic) bond motifs is 1. The van der Waals surface area contributed by atoms with Crippen molar-refractivity contribution in [2.45, 2.75) is 32.0 Å². The van der Waals surface area contributed by atoms with Crippen molar-refractivity contribution in [2.24, 2.45) is 0 Å². The molecule has 2 aromatic carbocycles. The molecular formula is C23H25F2N3O5. The zero-order valence-corrected chi connectivity index (χ0v) is 18.3. The Labute approximate surface area is 188 Å². The van der Waals surface area contributed by atoms with E-state index in [0.717, 1.165) is 17.7 Å². The molecule has 4 rings (SSSR count). The number of piperidine rings is 1. The lowest BCUT2D eigenvalue weighted by molar-refractivity contribution is -0.0497. The average molecular weight is 461 g/mol. The van der Waals surface area contributed by atoms with Crippen molar-refractivity contribution in [2.75, 3.05) is 27.3 Å². The van der Waals surface area contributed by atoms with Crippen LogP contribution < -0.4 is 30.8 Å². The molecule has 2 heterocycles. The fourth-order valence-electron chi connectivity index (χ4n) is 4.26. The van der Waals surface area contributed by atoms with E-state index in [9.17, 15) is 18.4 Å². The number of methoxy groups -OCH3 is 2. The Morgan fingerprint density at radius 3 is 2.42 bits per heavy atom. The van der Waals surface area contributed by atoms with Gasteiger partial charge in [0.2, 0.25) is 0 Å². The minimum Gasteiger partial charge on any atom is -0.493 e. The molecule has 1 aliphatic rings. The zero-order chi connectivity index (χ0) is 23.5. The van der Waals surface area contributed by atoms with Crippen molar-refractivity contribution in [3.05, 3.63) is 62.8 Å². The molecule has 176 valence electrons. The average Bonchev–Trinajstić information content (AvgIpc) is 2.82. The van der Waals surface area contributed by atoms with Gasteiger partial charge in [0.05, 0.1) is 31.7 Å². The molecule has 0 atom stereocenters. The molecule has 1 saturated heterocycles. The number of nitrogens with one attached hydrogen (secondary N) is 1. The highest BCUT2D eigenvalue weighted by Gasteiger charge is 2.23. The van der Waals surface area contributed by atoms with E-state index in [1.165, 1.54) is 32.4 Å². The summed E-state index contributed by atoms with van der Waals surface area (Å²) < 4.78 is 43.3. The molecule has 0 radical (unpaired) electrons. The summed E-state index contributed by atoms with van der Waals surface area (Å²) >= 11 is 0. The summed E-state index contributed by atoms with van der Waals surface area (Å²) in [6, 6.07) is 9.12. The van der Waals surface area contributed by atoms with Gasteiger partial charge in [-0.05, 0) is 61.8 Å². The van der Waals surface area contributed by atoms with Gasteiger partial charge in [-0.3, -0.25) is 13.9 Å². The van der Waals surface area contributed by atoms with E-state index < -0.39 is 17.9 Å². The van der Waals surface area contributed by atoms with Crippen LogP contribution in [0.2, 0.25) is 0 Å². The highest BCUT2D eigenvalue weighted by atomic mass is 19.3. The predicted molar refractivity (Wildman–Crippen MR) is 119 cm³/mol. The molecule has 33 heavy (non-hydrogen) atoms. The lowest BCUT2D eigenvalue weighted by Gasteiger charge is -2.27. The molecule has 0 spiro atoms. The molecule has 0 unspecified atom stereocenters. The van der Waals surface area contributed by atoms with E-state index in [2.05, 4.69) is 10.1 Å². The Bertz CT molecular complexity index is 1270. The summed E-state index contributed by atoms with van der Waals surface area (Å²) in [5.41, 5.74) is 0.0384. The first kappa shape index (κ1) is 22.8. The first-order valence-corrected chi connectivity index (χ1v) is 10.6. The maximum atomic E-state index is 13.5. The van der Waals surface area contributed by atoms with Gasteiger partial charge in [-0.25, -0.2) is 4.79 Å². The Kier molecular flexibility index (Phi) is 6.64. The van der Waals surface area contributed by atoms with Crippen molar-refractivity contribution in [3.63, 3.8) is 0 Å². The number of nitrogens with zero attached hydrogens (tertiary/aromatic N) is 2. The van der Waals surface area contributed by atoms with Crippen LogP contribution in [0.1, 0.15) is 24.4 Å². The smallest absolute Gasteiger partial charge is 0.387 e. The molecule has 0 saturated carbocycles. The second-order valence-electron chi connectivity index (χ2n) is 7.77. The van der Waals surface area contributed by atoms with E-state index in [1.807, 2.05) is 0 Å². The topological polar surface area (TPSA) is 83.7 Å². The van der Waals surface area contributed by atoms with Crippen molar-refractivity contribution in [1.29, 1.82) is 0 Å². The highest BCUT2D eigenvalue weighted by molar-refractivity contribution is 5.80. The Morgan fingerprint density at radius 1 is 1.03 bits per heavy atom. The van der Waals surface area contributed by atoms with Gasteiger partial charge in [0.25, 0.3) is 5.56 Å². The van der Waals surface area contributed by atoms with E-state index >= 15 is 0 Å². The van der Waals surface area contributed by atoms with Crippen LogP contribution in [0.3, 0.4) is 0 Å². The number of rotatable bonds is 7. The second-order valence-corrected chi connectivity index (χ2v) is 7.77. The van der Waals surface area contributed by atoms with Gasteiger partial charge in [-0.2, -0.15) is 8.78 Å². The quantitative estimate of drug-likeness (QED) is 0.583. The number of benzene rings is 2. The normalized spacial score (nSPS) is 14.6. The van der Waals surface area contributed by atoms with E-state index in [-0.39, 0.29) is 23.7 Å². The van der Waals surface area contributed by atoms with Crippen LogP contribution in [0.5, 0.6) is 17.2 Å². The van der Waals surface area contributed by atoms with Gasteiger partial charge in [0.15, 0.2) is 11.5 Å². The fourth-order valence-corrected chi connectivity index (χ4v) is 4.26. The van der Waals surface area contributed by atoms with Crippen LogP contribution in [-0.2, 0) is 6.54 Å². The number of hydrogen-bond donors (Lipinski definition) is 1. The molecule has 0 aliphatic carbocycles. The molecule has 0 bridgehead atoms. The molecule has 10 heteroatoms. The van der Waals surface area contributed by atoms with Crippen molar-refractivity contribution in [1.82, 2.24) is 14.5 Å². The standard InChI is InChI=1S/C23H25F2N3O5/c1-31-19-6-3-14(11-20(19)32-2)13-27-21(29)17-12-16(33-22(24)25)4-5-18(17)28(23(27)30)15-7-9-26-10-8-15/h3-6,11-12,15,22,26H,7-10,13H2,1-2H3. The molecule has 1 aromatic heterocycles. The molecular weight excluding hydrogens is 436 g/mol. The summed E-state index contributed by atoms with van der Waals surface area (Å²) in [6.45, 7) is -1.56. The molecule has 3 aromatic rings. The van der Waals surface area contributed by atoms with Crippen molar-refractivity contribution >= 4 is 10.9 Å². The van der Waals surface area contributed by atoms with Crippen molar-refractivity contribution in [3.8, 4) is 17.2 Å². The van der Waals surface area contributed by atoms with E-state index in [0.29, 0.717) is 35.4 Å². The third kappa shape index (κ3) is 4.56. The molecule has 0 amide bonds. The predicted octanol–water partition coefficient (Wildman–Crippen LogP) is 2.75. The van der Waals surface area contributed by atoms with Crippen LogP contribution in [-0.4, -0.2) is 43.1 Å². The SMILES string of the molecule is COc1ccc(Cn2c(=O)c3cc(OC(F)F)ccc3n(C3CCNCC3)c2=O)cc1OC. The monoisotopic (exact) mass is 461 g/mol. The number of halogens is 2. The molecule has 1 aliphatic heterocycles. The highest BCUT2D eigenvalue weighted by Crippen LogP contribution is 2.28. The number of hydrogen-bond acceptors (Lipinski definition) is 6. The van der Waals surface area contributed by atoms with Gasteiger partial charge in [-0.1, -0.05) is 6.07 Å². The molecule has 8 nitrogen and oxygen atoms in total. The Balaban J connectivity index is 1.89. The maximum absolute atomic E-state index is 13.5. The van der Waals surface area contributed by atoms with Gasteiger partial charge < -0.3 is 19.5 Å². The Morgan fingerprint density at radius 2 is 1.76 bits per heavy atom. The van der Waals surface area contributed by atoms with Gasteiger partial charge in [0.1, 0.15) is 5.75 Å². The van der Waals surface area contributed by atoms with Crippen LogP contribution in [0, 0.1) is 0 Å². The van der Waals surface area contributed by atoms with Gasteiger partial charge >= 0.3 is 12.3 Å². The van der Waals surface area contributed by atoms with E-state index in [4.69, 9.17) is 9.47 Å². The molecule has 1 N–H and O–H groups in total. The first-order chi connectivity index (χ1) is 15.9. The summed E-state index contributed by atoms with van der Waals surface area (Å²) in [4.78, 5) is 26.9. The van der Waals surface area contributed by atoms with Crippen LogP contribution in [0.4, 0.5) is 8.78 Å². The lowest BCUT2D eigenvalue weighted by Crippen LogP contribution is -2.43. The minimum absolute atomic E-state index is 0.0150. The fraction of sp³-hybridized carbons (Fsp3) is 0.391. The molecule has 1 fully saturated rings. The van der Waals surface area contributed by atoms with Crippen LogP contribution in [0.15, 0.2) is 46.0 Å². The minimum atomic E-state index is -3.02. The van der Waals surface area contributed by atoms with Gasteiger partial charge in [0, 0.05) is 6.04 Å². The maximum Gasteiger partial charge on any atom is 0.387 e. The summed E-state index contributed by atoms with van der Waals surface area (Å²) in [7, 11) is 3.01. The van der Waals surface area contributed by atoms with E-state index in [1.54, 1.807) is 22.8 Å². The summed E-state index contributed by atoms with van der Waals surface area (Å²) in [5.74, 6) is 0.853. The number of ether oxygens (including phenoxy) is 3. The number of alkyl halides is 2. The summed E-state index contributed by atoms with van der Waals surface area (Å²) in [6.07, 6.45) is 1.41. The van der Waals surface area contributed by atoms with Crippen LogP contribution in [0.25, 0.3) is 10.9 Å². The largest absolute Gasteiger partial charge is 0.493 e. The van der Waals surface area contributed by atoms with Gasteiger partial charge in [-0.15, -0.1) is 0 Å². The third-order valence-corrected chi connectivity index (χ3v) is 5.83. The Hall–Kier alpha value is -3.40. The van der Waals surface area contributed by atoms with Crippen LogP contribution >= 0.6 is 0 Å². The zero-order valence-electron chi connectivity index (χ0n) is 18.3. The second kappa shape index (κ2) is 9.62. The first-order valence-electron chi connectivity index (χ1n) is 10.6. The summed E-state index contributed by atoms with van der Waals surface area (Å²) in [5, 5.41) is 3.40. The third-order valence-electron chi connectivity index (χ3n) is 5.83. The van der Waals surface area contributed by atoms with Crippen molar-refractivity contribution < 1.29 is 23.0 Å². The number of aromatic nitrogens is 2.